The molecule has 1 amide bonds. The number of aliphatic hydroxyl groups excluding tert-OH is 1. The molecular formula is C37H51ClF3N7O6S. The van der Waals surface area contributed by atoms with Crippen LogP contribution in [0.1, 0.15) is 98.8 Å². The number of alkyl halides is 3. The molecule has 3 aromatic rings. The van der Waals surface area contributed by atoms with Gasteiger partial charge in [-0.1, -0.05) is 31.5 Å². The lowest BCUT2D eigenvalue weighted by molar-refractivity contribution is -0.190. The van der Waals surface area contributed by atoms with Crippen molar-refractivity contribution in [3.63, 3.8) is 0 Å². The predicted octanol–water partition coefficient (Wildman–Crippen LogP) is 7.65. The molecule has 13 nitrogen and oxygen atoms in total. The summed E-state index contributed by atoms with van der Waals surface area (Å²) in [5.74, 6) is 1.08. The number of likely N-dealkylation sites (tertiary alicyclic amines) is 1. The molecule has 3 aromatic heterocycles. The van der Waals surface area contributed by atoms with Crippen molar-refractivity contribution in [1.29, 1.82) is 0 Å². The van der Waals surface area contributed by atoms with Gasteiger partial charge in [-0.25, -0.2) is 27.9 Å². The Kier molecular flexibility index (Phi) is 12.4. The molecule has 1 saturated carbocycles. The van der Waals surface area contributed by atoms with Crippen LogP contribution in [0.4, 0.5) is 23.8 Å². The fraction of sp³-hybridized carbons (Fsp3) is 0.622. The first kappa shape index (κ1) is 42.5. The maximum Gasteiger partial charge on any atom is 0.410 e. The molecule has 4 heterocycles. The maximum absolute atomic E-state index is 13.4. The Morgan fingerprint density at radius 2 is 1.82 bits per heavy atom. The second-order valence-electron chi connectivity index (χ2n) is 16.5. The number of amides is 1. The number of halogens is 4. The van der Waals surface area contributed by atoms with Gasteiger partial charge in [-0.15, -0.1) is 5.10 Å². The summed E-state index contributed by atoms with van der Waals surface area (Å²) in [6, 6.07) is 8.77. The van der Waals surface area contributed by atoms with E-state index in [-0.39, 0.29) is 82.8 Å². The number of rotatable bonds is 15. The normalized spacial score (nSPS) is 19.3. The third kappa shape index (κ3) is 10.6. The Morgan fingerprint density at radius 1 is 1.11 bits per heavy atom. The van der Waals surface area contributed by atoms with Gasteiger partial charge in [0.2, 0.25) is 5.88 Å². The number of carbonyl (C=O) groups excluding carboxylic acids is 1. The van der Waals surface area contributed by atoms with Crippen LogP contribution in [0.5, 0.6) is 5.88 Å². The van der Waals surface area contributed by atoms with Gasteiger partial charge in [0, 0.05) is 36.0 Å². The Hall–Kier alpha value is -3.67. The number of ether oxygens (including phenoxy) is 2. The fourth-order valence-corrected chi connectivity index (χ4v) is 8.04. The molecule has 0 aromatic carbocycles. The number of sulfonamides is 1. The van der Waals surface area contributed by atoms with Gasteiger partial charge in [-0.2, -0.15) is 17.9 Å². The van der Waals surface area contributed by atoms with E-state index in [2.05, 4.69) is 39.0 Å². The molecule has 1 saturated heterocycles. The summed E-state index contributed by atoms with van der Waals surface area (Å²) in [4.78, 5) is 23.2. The zero-order valence-corrected chi connectivity index (χ0v) is 33.7. The van der Waals surface area contributed by atoms with Gasteiger partial charge in [0.05, 0.1) is 12.0 Å². The zero-order chi connectivity index (χ0) is 40.6. The number of carbonyl (C=O) groups is 1. The van der Waals surface area contributed by atoms with Gasteiger partial charge >= 0.3 is 12.3 Å². The number of aromatic nitrogens is 4. The number of nitrogens with zero attached hydrogens (tertiary/aromatic N) is 5. The summed E-state index contributed by atoms with van der Waals surface area (Å²) in [5.41, 5.74) is -2.65. The van der Waals surface area contributed by atoms with E-state index in [1.165, 1.54) is 35.1 Å². The van der Waals surface area contributed by atoms with Crippen LogP contribution in [0, 0.1) is 17.3 Å². The molecule has 55 heavy (non-hydrogen) atoms. The summed E-state index contributed by atoms with van der Waals surface area (Å²) in [6.45, 7) is 14.2. The Bertz CT molecular complexity index is 1930. The van der Waals surface area contributed by atoms with Gasteiger partial charge < -0.3 is 24.8 Å². The SMILES string of the molecule is CC(C)C(CC[C@@H]1CN(C(=O)OC(C)(C)C)C(C)(C)C1)Nc1cccc(S(=O)(=O)NC(O)c2ccc(-n3ccc(OCCC4(C(F)(F)F)CC4)n3)nc2Cl)n1. The summed E-state index contributed by atoms with van der Waals surface area (Å²) in [7, 11) is -4.34. The van der Waals surface area contributed by atoms with E-state index in [0.717, 1.165) is 19.3 Å². The van der Waals surface area contributed by atoms with Crippen LogP contribution < -0.4 is 14.8 Å². The standard InChI is InChI=1S/C37H51ClF3N7O6S/c1-23(2)26(13-11-24-21-35(6,7)47(22-24)33(50)54-34(3,4)5)42-27-9-8-10-30(43-27)55(51,52)46-32(49)25-12-14-28(44-31(25)38)48-19-15-29(45-48)53-20-18-36(16-17-36)37(39,40)41/h8-10,12,14-15,19,23-24,26,32,46,49H,11,13,16-18,20-22H2,1-7H3,(H,42,43)/t24-,26?,32?/m0/s1. The monoisotopic (exact) mass is 813 g/mol. The molecule has 304 valence electrons. The van der Waals surface area contributed by atoms with Crippen LogP contribution in [0.3, 0.4) is 0 Å². The average Bonchev–Trinajstić information content (AvgIpc) is 3.61. The number of nitrogens with one attached hydrogen (secondary N) is 2. The molecule has 0 radical (unpaired) electrons. The van der Waals surface area contributed by atoms with Crippen molar-refractivity contribution in [2.24, 2.45) is 17.3 Å². The van der Waals surface area contributed by atoms with Gasteiger partial charge in [0.1, 0.15) is 22.8 Å². The van der Waals surface area contributed by atoms with Gasteiger partial charge in [-0.3, -0.25) is 0 Å². The first-order chi connectivity index (χ1) is 25.5. The molecule has 2 aliphatic rings. The second-order valence-corrected chi connectivity index (χ2v) is 18.5. The summed E-state index contributed by atoms with van der Waals surface area (Å²) < 4.78 is 80.9. The van der Waals surface area contributed by atoms with Crippen molar-refractivity contribution in [1.82, 2.24) is 29.4 Å². The quantitative estimate of drug-likeness (QED) is 0.103. The molecule has 2 fully saturated rings. The highest BCUT2D eigenvalue weighted by atomic mass is 35.5. The minimum Gasteiger partial charge on any atom is -0.477 e. The van der Waals surface area contributed by atoms with Crippen molar-refractivity contribution in [3.05, 3.63) is 53.3 Å². The van der Waals surface area contributed by atoms with Gasteiger partial charge in [-0.05, 0) is 109 Å². The highest BCUT2D eigenvalue weighted by Crippen LogP contribution is 2.59. The zero-order valence-electron chi connectivity index (χ0n) is 32.2. The van der Waals surface area contributed by atoms with E-state index in [1.54, 1.807) is 17.0 Å². The lowest BCUT2D eigenvalue weighted by atomic mass is 9.89. The van der Waals surface area contributed by atoms with Crippen LogP contribution in [0.2, 0.25) is 5.15 Å². The smallest absolute Gasteiger partial charge is 0.410 e. The summed E-state index contributed by atoms with van der Waals surface area (Å²) in [6.07, 6.45) is -2.46. The molecule has 2 unspecified atom stereocenters. The van der Waals surface area contributed by atoms with E-state index in [1.807, 2.05) is 34.6 Å². The van der Waals surface area contributed by atoms with Gasteiger partial charge in [0.25, 0.3) is 10.0 Å². The fourth-order valence-electron chi connectivity index (χ4n) is 6.77. The predicted molar refractivity (Wildman–Crippen MR) is 200 cm³/mol. The molecular weight excluding hydrogens is 763 g/mol. The van der Waals surface area contributed by atoms with Crippen molar-refractivity contribution in [2.75, 3.05) is 18.5 Å². The Labute approximate surface area is 325 Å². The number of hydrogen-bond acceptors (Lipinski definition) is 10. The second kappa shape index (κ2) is 16.1. The molecule has 5 rings (SSSR count). The van der Waals surface area contributed by atoms with Crippen molar-refractivity contribution < 1.29 is 41.0 Å². The Morgan fingerprint density at radius 3 is 2.44 bits per heavy atom. The molecule has 18 heteroatoms. The van der Waals surface area contributed by atoms with Crippen LogP contribution in [-0.4, -0.2) is 80.8 Å². The highest BCUT2D eigenvalue weighted by Gasteiger charge is 2.62. The van der Waals surface area contributed by atoms with Gasteiger partial charge in [0.15, 0.2) is 10.8 Å². The van der Waals surface area contributed by atoms with Crippen LogP contribution in [-0.2, 0) is 14.8 Å². The number of anilines is 1. The molecule has 0 spiro atoms. The van der Waals surface area contributed by atoms with E-state index in [9.17, 15) is 31.5 Å². The van der Waals surface area contributed by atoms with Crippen LogP contribution in [0.15, 0.2) is 47.6 Å². The minimum atomic E-state index is -4.34. The highest BCUT2D eigenvalue weighted by molar-refractivity contribution is 7.89. The third-order valence-corrected chi connectivity index (χ3v) is 11.7. The summed E-state index contributed by atoms with van der Waals surface area (Å²) in [5, 5.41) is 17.9. The van der Waals surface area contributed by atoms with Crippen LogP contribution >= 0.6 is 11.6 Å². The summed E-state index contributed by atoms with van der Waals surface area (Å²) >= 11 is 6.36. The number of hydrogen-bond donors (Lipinski definition) is 3. The third-order valence-electron chi connectivity index (χ3n) is 10.1. The lowest BCUT2D eigenvalue weighted by Gasteiger charge is -2.33. The molecule has 0 bridgehead atoms. The Balaban J connectivity index is 1.17. The lowest BCUT2D eigenvalue weighted by Crippen LogP contribution is -2.45. The van der Waals surface area contributed by atoms with Crippen LogP contribution in [0.25, 0.3) is 5.82 Å². The first-order valence-electron chi connectivity index (χ1n) is 18.4. The largest absolute Gasteiger partial charge is 0.477 e. The molecule has 3 N–H and O–H groups in total. The van der Waals surface area contributed by atoms with E-state index in [4.69, 9.17) is 21.1 Å². The first-order valence-corrected chi connectivity index (χ1v) is 20.2. The number of aliphatic hydroxyl groups is 1. The van der Waals surface area contributed by atoms with Crippen molar-refractivity contribution >= 4 is 33.5 Å². The molecule has 3 atom stereocenters. The molecule has 1 aliphatic carbocycles. The van der Waals surface area contributed by atoms with Crippen molar-refractivity contribution in [3.8, 4) is 11.7 Å². The van der Waals surface area contributed by atoms with E-state index in [0.29, 0.717) is 12.4 Å². The molecule has 1 aliphatic heterocycles. The van der Waals surface area contributed by atoms with Crippen molar-refractivity contribution in [2.45, 2.75) is 122 Å². The average molecular weight is 814 g/mol. The maximum atomic E-state index is 13.4. The number of pyridine rings is 2. The minimum absolute atomic E-state index is 0.0334. The van der Waals surface area contributed by atoms with E-state index < -0.39 is 33.4 Å². The van der Waals surface area contributed by atoms with E-state index >= 15 is 0 Å². The topological polar surface area (TPSA) is 161 Å².